The number of benzene rings is 2. The highest BCUT2D eigenvalue weighted by molar-refractivity contribution is 7.92. The molecule has 2 aromatic carbocycles. The summed E-state index contributed by atoms with van der Waals surface area (Å²) in [6, 6.07) is 12.4. The van der Waals surface area contributed by atoms with Crippen molar-refractivity contribution in [3.05, 3.63) is 58.6 Å². The molecule has 1 amide bonds. The number of fused-ring (bicyclic) bond motifs is 1. The van der Waals surface area contributed by atoms with Crippen molar-refractivity contribution < 1.29 is 17.9 Å². The molecule has 1 atom stereocenters. The highest BCUT2D eigenvalue weighted by Crippen LogP contribution is 2.37. The van der Waals surface area contributed by atoms with E-state index in [0.29, 0.717) is 23.0 Å². The van der Waals surface area contributed by atoms with Crippen LogP contribution < -0.4 is 14.4 Å². The first-order valence-electron chi connectivity index (χ1n) is 8.01. The Bertz CT molecular complexity index is 946. The van der Waals surface area contributed by atoms with E-state index in [4.69, 9.17) is 16.3 Å². The summed E-state index contributed by atoms with van der Waals surface area (Å²) in [5.41, 5.74) is 2.39. The van der Waals surface area contributed by atoms with Crippen molar-refractivity contribution in [1.82, 2.24) is 5.32 Å². The maximum atomic E-state index is 12.5. The molecule has 0 saturated heterocycles. The molecule has 8 heteroatoms. The molecule has 0 fully saturated rings. The number of hydrogen-bond acceptors (Lipinski definition) is 4. The Hall–Kier alpha value is -2.25. The number of anilines is 1. The van der Waals surface area contributed by atoms with Crippen molar-refractivity contribution >= 4 is 33.2 Å². The van der Waals surface area contributed by atoms with Crippen LogP contribution in [0.2, 0.25) is 5.02 Å². The number of aryl methyl sites for hydroxylation is 1. The molecule has 0 radical (unpaired) electrons. The van der Waals surface area contributed by atoms with Crippen molar-refractivity contribution in [1.29, 1.82) is 0 Å². The molecule has 6 nitrogen and oxygen atoms in total. The van der Waals surface area contributed by atoms with Crippen molar-refractivity contribution in [2.75, 3.05) is 17.1 Å². The fourth-order valence-electron chi connectivity index (χ4n) is 2.80. The number of nitrogens with one attached hydrogen (secondary N) is 1. The third-order valence-electron chi connectivity index (χ3n) is 4.03. The molecule has 0 saturated carbocycles. The van der Waals surface area contributed by atoms with E-state index < -0.39 is 16.1 Å². The summed E-state index contributed by atoms with van der Waals surface area (Å²) in [5.74, 6) is -0.0671. The summed E-state index contributed by atoms with van der Waals surface area (Å²) in [5, 5.41) is 3.19. The molecule has 0 aromatic heterocycles. The average Bonchev–Trinajstić information content (AvgIpc) is 2.58. The second-order valence-electron chi connectivity index (χ2n) is 6.22. The third kappa shape index (κ3) is 4.11. The van der Waals surface area contributed by atoms with E-state index in [1.54, 1.807) is 12.1 Å². The highest BCUT2D eigenvalue weighted by atomic mass is 35.5. The minimum atomic E-state index is -3.58. The van der Waals surface area contributed by atoms with Crippen LogP contribution >= 0.6 is 11.6 Å². The number of carbonyl (C=O) groups is 1. The summed E-state index contributed by atoms with van der Waals surface area (Å²) in [7, 11) is -3.58. The molecular weight excluding hydrogens is 376 g/mol. The van der Waals surface area contributed by atoms with Crippen LogP contribution in [-0.4, -0.2) is 33.2 Å². The van der Waals surface area contributed by atoms with Gasteiger partial charge in [0.15, 0.2) is 6.10 Å². The van der Waals surface area contributed by atoms with Gasteiger partial charge in [-0.05, 0) is 30.7 Å². The van der Waals surface area contributed by atoms with Gasteiger partial charge in [-0.2, -0.15) is 0 Å². The van der Waals surface area contributed by atoms with Gasteiger partial charge >= 0.3 is 0 Å². The Balaban J connectivity index is 1.78. The van der Waals surface area contributed by atoms with Gasteiger partial charge in [0.2, 0.25) is 10.0 Å². The van der Waals surface area contributed by atoms with Gasteiger partial charge in [0.1, 0.15) is 5.75 Å². The van der Waals surface area contributed by atoms with E-state index in [-0.39, 0.29) is 12.5 Å². The maximum absolute atomic E-state index is 12.5. The lowest BCUT2D eigenvalue weighted by molar-refractivity contribution is -0.127. The lowest BCUT2D eigenvalue weighted by atomic mass is 10.1. The zero-order valence-electron chi connectivity index (χ0n) is 14.4. The van der Waals surface area contributed by atoms with Gasteiger partial charge in [-0.3, -0.25) is 9.10 Å². The van der Waals surface area contributed by atoms with Crippen LogP contribution in [0.3, 0.4) is 0 Å². The van der Waals surface area contributed by atoms with E-state index in [1.165, 1.54) is 6.07 Å². The van der Waals surface area contributed by atoms with Crippen LogP contribution in [0, 0.1) is 6.92 Å². The first-order chi connectivity index (χ1) is 12.2. The minimum absolute atomic E-state index is 0.105. The van der Waals surface area contributed by atoms with Crippen LogP contribution in [0.4, 0.5) is 5.69 Å². The molecule has 1 heterocycles. The largest absolute Gasteiger partial charge is 0.476 e. The number of halogens is 1. The molecule has 0 aliphatic carbocycles. The van der Waals surface area contributed by atoms with E-state index in [2.05, 4.69) is 5.32 Å². The SMILES string of the molecule is Cc1cccc(CNC(=O)[C@@H]2CN(S(C)(=O)=O)c3cc(Cl)ccc3O2)c1. The molecule has 3 rings (SSSR count). The van der Waals surface area contributed by atoms with Crippen molar-refractivity contribution in [2.24, 2.45) is 0 Å². The first-order valence-corrected chi connectivity index (χ1v) is 10.2. The molecule has 1 aliphatic rings. The normalized spacial score (nSPS) is 16.6. The van der Waals surface area contributed by atoms with Gasteiger partial charge in [-0.15, -0.1) is 0 Å². The molecule has 0 unspecified atom stereocenters. The average molecular weight is 395 g/mol. The number of ether oxygens (including phenoxy) is 1. The number of hydrogen-bond donors (Lipinski definition) is 1. The molecule has 0 bridgehead atoms. The van der Waals surface area contributed by atoms with Gasteiger partial charge in [-0.1, -0.05) is 41.4 Å². The predicted octanol–water partition coefficient (Wildman–Crippen LogP) is 2.49. The Labute approximate surface area is 157 Å². The standard InChI is InChI=1S/C18H19ClN2O4S/c1-12-4-3-5-13(8-12)10-20-18(22)17-11-21(26(2,23)24)15-9-14(19)6-7-16(15)25-17/h3-9,17H,10-11H2,1-2H3,(H,20,22)/t17-/m0/s1. The van der Waals surface area contributed by atoms with Gasteiger partial charge in [0, 0.05) is 11.6 Å². The number of rotatable bonds is 4. The molecule has 1 N–H and O–H groups in total. The molecular formula is C18H19ClN2O4S. The number of carbonyl (C=O) groups excluding carboxylic acids is 1. The fourth-order valence-corrected chi connectivity index (χ4v) is 3.87. The summed E-state index contributed by atoms with van der Waals surface area (Å²) in [6.07, 6.45) is 0.147. The second kappa shape index (κ2) is 7.17. The number of amides is 1. The van der Waals surface area contributed by atoms with E-state index in [1.807, 2.05) is 31.2 Å². The van der Waals surface area contributed by atoms with Crippen molar-refractivity contribution in [3.63, 3.8) is 0 Å². The second-order valence-corrected chi connectivity index (χ2v) is 8.56. The number of nitrogens with zero attached hydrogens (tertiary/aromatic N) is 1. The van der Waals surface area contributed by atoms with Gasteiger partial charge < -0.3 is 10.1 Å². The topological polar surface area (TPSA) is 75.7 Å². The van der Waals surface area contributed by atoms with Crippen LogP contribution in [0.5, 0.6) is 5.75 Å². The lowest BCUT2D eigenvalue weighted by Gasteiger charge is -2.34. The summed E-state index contributed by atoms with van der Waals surface area (Å²) >= 11 is 5.96. The fraction of sp³-hybridized carbons (Fsp3) is 0.278. The van der Waals surface area contributed by atoms with E-state index in [0.717, 1.165) is 21.7 Å². The maximum Gasteiger partial charge on any atom is 0.263 e. The zero-order chi connectivity index (χ0) is 18.9. The summed E-state index contributed by atoms with van der Waals surface area (Å²) in [4.78, 5) is 12.5. The lowest BCUT2D eigenvalue weighted by Crippen LogP contribution is -2.50. The predicted molar refractivity (Wildman–Crippen MR) is 101 cm³/mol. The van der Waals surface area contributed by atoms with Crippen LogP contribution in [0.15, 0.2) is 42.5 Å². The molecule has 0 spiro atoms. The van der Waals surface area contributed by atoms with Crippen molar-refractivity contribution in [2.45, 2.75) is 19.6 Å². The highest BCUT2D eigenvalue weighted by Gasteiger charge is 2.35. The Morgan fingerprint density at radius 3 is 2.77 bits per heavy atom. The van der Waals surface area contributed by atoms with Gasteiger partial charge in [0.05, 0.1) is 18.5 Å². The molecule has 138 valence electrons. The molecule has 1 aliphatic heterocycles. The van der Waals surface area contributed by atoms with Crippen molar-refractivity contribution in [3.8, 4) is 5.75 Å². The Morgan fingerprint density at radius 2 is 2.08 bits per heavy atom. The first kappa shape index (κ1) is 18.5. The smallest absolute Gasteiger partial charge is 0.263 e. The van der Waals surface area contributed by atoms with E-state index in [9.17, 15) is 13.2 Å². The third-order valence-corrected chi connectivity index (χ3v) is 5.41. The minimum Gasteiger partial charge on any atom is -0.476 e. The summed E-state index contributed by atoms with van der Waals surface area (Å²) < 4.78 is 31.1. The Kier molecular flexibility index (Phi) is 5.11. The number of sulfonamides is 1. The van der Waals surface area contributed by atoms with Gasteiger partial charge in [-0.25, -0.2) is 8.42 Å². The monoisotopic (exact) mass is 394 g/mol. The van der Waals surface area contributed by atoms with Gasteiger partial charge in [0.25, 0.3) is 5.91 Å². The van der Waals surface area contributed by atoms with Crippen LogP contribution in [-0.2, 0) is 21.4 Å². The zero-order valence-corrected chi connectivity index (χ0v) is 16.0. The van der Waals surface area contributed by atoms with Crippen LogP contribution in [0.1, 0.15) is 11.1 Å². The Morgan fingerprint density at radius 1 is 1.31 bits per heavy atom. The molecule has 2 aromatic rings. The summed E-state index contributed by atoms with van der Waals surface area (Å²) in [6.45, 7) is 2.21. The quantitative estimate of drug-likeness (QED) is 0.864. The van der Waals surface area contributed by atoms with Crippen LogP contribution in [0.25, 0.3) is 0 Å². The van der Waals surface area contributed by atoms with E-state index >= 15 is 0 Å². The molecule has 26 heavy (non-hydrogen) atoms.